The normalized spacial score (nSPS) is 18.9. The first kappa shape index (κ1) is 73.1. The second kappa shape index (κ2) is 53.4. The second-order valence-electron chi connectivity index (χ2n) is 23.4. The highest BCUT2D eigenvalue weighted by Crippen LogP contribution is 2.27. The molecule has 0 spiro atoms. The van der Waals surface area contributed by atoms with E-state index in [1.54, 1.807) is 0 Å². The predicted molar refractivity (Wildman–Crippen MR) is 315 cm³/mol. The highest BCUT2D eigenvalue weighted by atomic mass is 32.3. The topological polar surface area (TPSA) is 192 Å². The highest BCUT2D eigenvalue weighted by molar-refractivity contribution is 7.80. The molecule has 1 saturated heterocycles. The van der Waals surface area contributed by atoms with E-state index < -0.39 is 59.9 Å². The standard InChI is InChI=1S/C63H125NO11S/c1-3-5-7-9-11-13-15-17-19-21-23-24-25-26-27-28-29-30-31-32-33-34-35-37-39-41-43-45-47-49-51-53-59(67)64-56(55-73-63-61(69)62(75-76(70,71)72)60(68)58(54-65)74-63)57(66)52-50-48-46-44-42-40-38-36-22-20-18-16-14-12-10-8-6-4-2/h56-58,60-63,65-66,68-69H,3-55H2,1-2H3,(H,64,67)(H,70,71,72). The fourth-order valence-corrected chi connectivity index (χ4v) is 11.6. The minimum absolute atomic E-state index is 0.220. The minimum Gasteiger partial charge on any atom is -0.394 e. The monoisotopic (exact) mass is 1100 g/mol. The number of aliphatic hydroxyl groups is 4. The molecule has 1 amide bonds. The molecule has 13 heteroatoms. The van der Waals surface area contributed by atoms with Gasteiger partial charge in [0.15, 0.2) is 6.29 Å². The molecule has 6 N–H and O–H groups in total. The molecule has 1 aliphatic heterocycles. The van der Waals surface area contributed by atoms with Gasteiger partial charge in [0, 0.05) is 6.42 Å². The number of hydrogen-bond acceptors (Lipinski definition) is 10. The molecule has 0 saturated carbocycles. The maximum Gasteiger partial charge on any atom is 0.397 e. The molecule has 0 bridgehead atoms. The minimum atomic E-state index is -5.08. The van der Waals surface area contributed by atoms with Crippen molar-refractivity contribution in [1.29, 1.82) is 0 Å². The smallest absolute Gasteiger partial charge is 0.394 e. The highest BCUT2D eigenvalue weighted by Gasteiger charge is 2.48. The molecule has 0 radical (unpaired) electrons. The Labute approximate surface area is 468 Å². The Morgan fingerprint density at radius 2 is 0.763 bits per heavy atom. The lowest BCUT2D eigenvalue weighted by atomic mass is 9.99. The summed E-state index contributed by atoms with van der Waals surface area (Å²) in [5.74, 6) is -0.220. The summed E-state index contributed by atoms with van der Waals surface area (Å²) in [4.78, 5) is 13.2. The summed E-state index contributed by atoms with van der Waals surface area (Å²) in [6.45, 7) is 3.52. The zero-order valence-electron chi connectivity index (χ0n) is 49.6. The van der Waals surface area contributed by atoms with Gasteiger partial charge >= 0.3 is 10.4 Å². The summed E-state index contributed by atoms with van der Waals surface area (Å²) in [6, 6.07) is -0.854. The van der Waals surface area contributed by atoms with Crippen LogP contribution in [0.2, 0.25) is 0 Å². The van der Waals surface area contributed by atoms with Crippen LogP contribution in [-0.2, 0) is 28.9 Å². The molecule has 0 aliphatic carbocycles. The van der Waals surface area contributed by atoms with Crippen LogP contribution in [-0.4, -0.2) is 95.4 Å². The van der Waals surface area contributed by atoms with Gasteiger partial charge in [-0.15, -0.1) is 0 Å². The summed E-state index contributed by atoms with van der Waals surface area (Å²) in [5, 5.41) is 45.2. The summed E-state index contributed by atoms with van der Waals surface area (Å²) in [7, 11) is -5.08. The van der Waals surface area contributed by atoms with Crippen LogP contribution in [0.5, 0.6) is 0 Å². The quantitative estimate of drug-likeness (QED) is 0.0251. The van der Waals surface area contributed by atoms with Gasteiger partial charge in [-0.3, -0.25) is 9.35 Å². The number of unbranched alkanes of at least 4 members (excludes halogenated alkanes) is 47. The van der Waals surface area contributed by atoms with E-state index in [2.05, 4.69) is 23.3 Å². The lowest BCUT2D eigenvalue weighted by Gasteiger charge is -2.41. The number of nitrogens with one attached hydrogen (secondary N) is 1. The molecule has 1 rings (SSSR count). The van der Waals surface area contributed by atoms with Gasteiger partial charge in [0.05, 0.1) is 25.4 Å². The Kier molecular flexibility index (Phi) is 51.4. The zero-order valence-corrected chi connectivity index (χ0v) is 50.4. The maximum absolute atomic E-state index is 13.2. The Morgan fingerprint density at radius 1 is 0.474 bits per heavy atom. The SMILES string of the molecule is CCCCCCCCCCCCCCCCCCCCCCCCCCCCCCCCCC(=O)NC(COC1OC(CO)C(O)C(OS(=O)(=O)O)C1O)C(O)CCCCCCCCCCCCCCCCCCCC. The molecule has 76 heavy (non-hydrogen) atoms. The molecule has 0 aromatic rings. The molecule has 454 valence electrons. The lowest BCUT2D eigenvalue weighted by Crippen LogP contribution is -2.61. The van der Waals surface area contributed by atoms with Crippen LogP contribution in [0.3, 0.4) is 0 Å². The number of carbonyl (C=O) groups excluding carboxylic acids is 1. The van der Waals surface area contributed by atoms with Crippen molar-refractivity contribution in [3.8, 4) is 0 Å². The van der Waals surface area contributed by atoms with Crippen molar-refractivity contribution in [3.05, 3.63) is 0 Å². The van der Waals surface area contributed by atoms with Crippen molar-refractivity contribution >= 4 is 16.3 Å². The molecule has 0 aromatic heterocycles. The van der Waals surface area contributed by atoms with Gasteiger partial charge in [-0.25, -0.2) is 4.18 Å². The fraction of sp³-hybridized carbons (Fsp3) is 0.984. The summed E-state index contributed by atoms with van der Waals surface area (Å²) >= 11 is 0. The van der Waals surface area contributed by atoms with Crippen molar-refractivity contribution in [2.24, 2.45) is 0 Å². The fourth-order valence-electron chi connectivity index (χ4n) is 11.1. The van der Waals surface area contributed by atoms with Crippen molar-refractivity contribution in [3.63, 3.8) is 0 Å². The molecule has 1 aliphatic rings. The predicted octanol–water partition coefficient (Wildman–Crippen LogP) is 16.4. The third-order valence-electron chi connectivity index (χ3n) is 16.2. The maximum atomic E-state index is 13.2. The van der Waals surface area contributed by atoms with Crippen LogP contribution in [0.15, 0.2) is 0 Å². The van der Waals surface area contributed by atoms with Gasteiger partial charge < -0.3 is 35.2 Å². The van der Waals surface area contributed by atoms with E-state index in [0.29, 0.717) is 12.8 Å². The van der Waals surface area contributed by atoms with E-state index in [4.69, 9.17) is 9.47 Å². The second-order valence-corrected chi connectivity index (χ2v) is 24.5. The first-order valence-electron chi connectivity index (χ1n) is 32.9. The molecular formula is C63H125NO11S. The first-order chi connectivity index (χ1) is 37.0. The van der Waals surface area contributed by atoms with Crippen LogP contribution in [0, 0.1) is 0 Å². The third-order valence-corrected chi connectivity index (χ3v) is 16.6. The number of amides is 1. The van der Waals surface area contributed by atoms with Crippen LogP contribution < -0.4 is 5.32 Å². The zero-order chi connectivity index (χ0) is 55.4. The van der Waals surface area contributed by atoms with Crippen molar-refractivity contribution < 1.29 is 51.8 Å². The van der Waals surface area contributed by atoms with E-state index in [9.17, 15) is 38.2 Å². The average molecular weight is 1100 g/mol. The van der Waals surface area contributed by atoms with Gasteiger partial charge in [-0.05, 0) is 12.8 Å². The van der Waals surface area contributed by atoms with E-state index in [-0.39, 0.29) is 12.5 Å². The Bertz CT molecular complexity index is 1340. The number of rotatable bonds is 59. The number of ether oxygens (including phenoxy) is 2. The Morgan fingerprint density at radius 3 is 1.05 bits per heavy atom. The molecule has 12 nitrogen and oxygen atoms in total. The summed E-state index contributed by atoms with van der Waals surface area (Å²) < 4.78 is 48.0. The van der Waals surface area contributed by atoms with Crippen molar-refractivity contribution in [2.75, 3.05) is 13.2 Å². The van der Waals surface area contributed by atoms with Gasteiger partial charge in [0.1, 0.15) is 24.4 Å². The van der Waals surface area contributed by atoms with Gasteiger partial charge in [0.25, 0.3) is 0 Å². The van der Waals surface area contributed by atoms with Crippen LogP contribution in [0.1, 0.15) is 341 Å². The largest absolute Gasteiger partial charge is 0.397 e. The third kappa shape index (κ3) is 44.8. The van der Waals surface area contributed by atoms with Crippen LogP contribution in [0.25, 0.3) is 0 Å². The van der Waals surface area contributed by atoms with E-state index in [1.807, 2.05) is 0 Å². The van der Waals surface area contributed by atoms with Crippen molar-refractivity contribution in [2.45, 2.75) is 384 Å². The van der Waals surface area contributed by atoms with E-state index in [1.165, 1.54) is 263 Å². The summed E-state index contributed by atoms with van der Waals surface area (Å²) in [5.41, 5.74) is 0. The molecule has 7 atom stereocenters. The Balaban J connectivity index is 2.22. The molecule has 0 aromatic carbocycles. The van der Waals surface area contributed by atoms with Crippen molar-refractivity contribution in [1.82, 2.24) is 5.32 Å². The molecular weight excluding hydrogens is 979 g/mol. The Hall–Kier alpha value is -0.900. The lowest BCUT2D eigenvalue weighted by molar-refractivity contribution is -0.298. The van der Waals surface area contributed by atoms with Gasteiger partial charge in [0.2, 0.25) is 5.91 Å². The number of carbonyl (C=O) groups is 1. The summed E-state index contributed by atoms with van der Waals surface area (Å²) in [6.07, 6.45) is 55.6. The van der Waals surface area contributed by atoms with Gasteiger partial charge in [-0.1, -0.05) is 322 Å². The van der Waals surface area contributed by atoms with E-state index in [0.717, 1.165) is 51.4 Å². The molecule has 7 unspecified atom stereocenters. The molecule has 1 heterocycles. The van der Waals surface area contributed by atoms with E-state index >= 15 is 0 Å². The first-order valence-corrected chi connectivity index (χ1v) is 34.3. The van der Waals surface area contributed by atoms with Crippen LogP contribution >= 0.6 is 0 Å². The van der Waals surface area contributed by atoms with Crippen LogP contribution in [0.4, 0.5) is 0 Å². The molecule has 1 fully saturated rings. The number of aliphatic hydroxyl groups excluding tert-OH is 4. The average Bonchev–Trinajstić information content (AvgIpc) is 3.40. The number of hydrogen-bond donors (Lipinski definition) is 6. The van der Waals surface area contributed by atoms with Gasteiger partial charge in [-0.2, -0.15) is 8.42 Å².